The Bertz CT molecular complexity index is 728. The second kappa shape index (κ2) is 7.68. The molecule has 0 saturated carbocycles. The van der Waals surface area contributed by atoms with Crippen LogP contribution in [0.2, 0.25) is 0 Å². The van der Waals surface area contributed by atoms with Crippen LogP contribution >= 0.6 is 0 Å². The van der Waals surface area contributed by atoms with Gasteiger partial charge in [-0.2, -0.15) is 4.31 Å². The lowest BCUT2D eigenvalue weighted by atomic mass is 9.86. The van der Waals surface area contributed by atoms with Gasteiger partial charge in [0.25, 0.3) is 0 Å². The molecule has 0 unspecified atom stereocenters. The highest BCUT2D eigenvalue weighted by atomic mass is 32.2. The maximum atomic E-state index is 13.2. The Morgan fingerprint density at radius 2 is 2.00 bits per heavy atom. The Kier molecular flexibility index (Phi) is 6.03. The number of aryl methyl sites for hydroxylation is 1. The van der Waals surface area contributed by atoms with Crippen LogP contribution in [0.15, 0.2) is 41.8 Å². The molecule has 0 amide bonds. The van der Waals surface area contributed by atoms with Gasteiger partial charge in [0.05, 0.1) is 17.6 Å². The van der Waals surface area contributed by atoms with Gasteiger partial charge in [0.15, 0.2) is 0 Å². The van der Waals surface area contributed by atoms with E-state index in [0.29, 0.717) is 0 Å². The van der Waals surface area contributed by atoms with Gasteiger partial charge in [-0.25, -0.2) is 8.42 Å². The highest BCUT2D eigenvalue weighted by Crippen LogP contribution is 2.34. The number of carbonyl (C=O) groups excluding carboxylic acids is 1. The lowest BCUT2D eigenvalue weighted by Crippen LogP contribution is -2.60. The van der Waals surface area contributed by atoms with Gasteiger partial charge in [0.2, 0.25) is 10.0 Å². The minimum atomic E-state index is -3.96. The molecule has 25 heavy (non-hydrogen) atoms. The molecule has 1 aromatic carbocycles. The first-order chi connectivity index (χ1) is 11.7. The molecule has 7 heteroatoms. The molecule has 1 saturated heterocycles. The second-order valence-electron chi connectivity index (χ2n) is 6.31. The van der Waals surface area contributed by atoms with Crippen molar-refractivity contribution in [1.29, 1.82) is 0 Å². The Morgan fingerprint density at radius 1 is 1.40 bits per heavy atom. The molecule has 1 aliphatic heterocycles. The van der Waals surface area contributed by atoms with E-state index < -0.39 is 40.1 Å². The zero-order valence-corrected chi connectivity index (χ0v) is 15.6. The summed E-state index contributed by atoms with van der Waals surface area (Å²) >= 11 is 0. The van der Waals surface area contributed by atoms with Crippen molar-refractivity contribution in [3.05, 3.63) is 42.5 Å². The fraction of sp³-hybridized carbons (Fsp3) is 0.500. The molecule has 0 aliphatic carbocycles. The molecule has 0 spiro atoms. The van der Waals surface area contributed by atoms with E-state index in [4.69, 9.17) is 4.74 Å². The monoisotopic (exact) mass is 367 g/mol. The third-order valence-electron chi connectivity index (χ3n) is 4.59. The molecular formula is C18H25NO5S. The van der Waals surface area contributed by atoms with E-state index in [2.05, 4.69) is 6.58 Å². The Morgan fingerprint density at radius 3 is 2.52 bits per heavy atom. The number of ether oxygens (including phenoxy) is 1. The SMILES string of the molecule is C=C[C@@H]1C[C@@H](O)[C@@H](C)[C@@H](C(=O)OCC)N1S(=O)(=O)c1ccc(C)cc1. The summed E-state index contributed by atoms with van der Waals surface area (Å²) < 4.78 is 32.7. The van der Waals surface area contributed by atoms with E-state index in [9.17, 15) is 18.3 Å². The molecular weight excluding hydrogens is 342 g/mol. The maximum Gasteiger partial charge on any atom is 0.324 e. The van der Waals surface area contributed by atoms with Gasteiger partial charge in [-0.1, -0.05) is 30.7 Å². The number of rotatable bonds is 5. The summed E-state index contributed by atoms with van der Waals surface area (Å²) in [6.45, 7) is 9.00. The minimum absolute atomic E-state index is 0.0999. The molecule has 1 aliphatic rings. The maximum absolute atomic E-state index is 13.2. The number of carbonyl (C=O) groups is 1. The number of aliphatic hydroxyl groups is 1. The molecule has 0 radical (unpaired) electrons. The first-order valence-electron chi connectivity index (χ1n) is 8.31. The van der Waals surface area contributed by atoms with Gasteiger partial charge in [-0.05, 0) is 32.4 Å². The largest absolute Gasteiger partial charge is 0.465 e. The average molecular weight is 367 g/mol. The lowest BCUT2D eigenvalue weighted by Gasteiger charge is -2.44. The van der Waals surface area contributed by atoms with Crippen molar-refractivity contribution in [1.82, 2.24) is 4.31 Å². The summed E-state index contributed by atoms with van der Waals surface area (Å²) in [5.41, 5.74) is 0.934. The fourth-order valence-corrected chi connectivity index (χ4v) is 4.95. The Hall–Kier alpha value is -1.70. The van der Waals surface area contributed by atoms with Crippen LogP contribution in [-0.2, 0) is 19.6 Å². The topological polar surface area (TPSA) is 83.9 Å². The number of benzene rings is 1. The number of hydrogen-bond acceptors (Lipinski definition) is 5. The number of piperidine rings is 1. The van der Waals surface area contributed by atoms with E-state index in [1.54, 1.807) is 26.0 Å². The molecule has 0 bridgehead atoms. The Labute approximate surface area is 149 Å². The average Bonchev–Trinajstić information content (AvgIpc) is 2.57. The normalized spacial score (nSPS) is 27.7. The number of hydrogen-bond donors (Lipinski definition) is 1. The van der Waals surface area contributed by atoms with Crippen molar-refractivity contribution in [2.75, 3.05) is 6.61 Å². The number of aliphatic hydroxyl groups excluding tert-OH is 1. The Balaban J connectivity index is 2.55. The molecule has 0 aromatic heterocycles. The van der Waals surface area contributed by atoms with Gasteiger partial charge in [0.1, 0.15) is 6.04 Å². The van der Waals surface area contributed by atoms with E-state index in [1.165, 1.54) is 18.2 Å². The van der Waals surface area contributed by atoms with E-state index in [0.717, 1.165) is 9.87 Å². The molecule has 1 N–H and O–H groups in total. The molecule has 4 atom stereocenters. The molecule has 138 valence electrons. The van der Waals surface area contributed by atoms with Crippen molar-refractivity contribution in [2.24, 2.45) is 5.92 Å². The first kappa shape index (κ1) is 19.6. The summed E-state index contributed by atoms with van der Waals surface area (Å²) in [5, 5.41) is 10.3. The van der Waals surface area contributed by atoms with Crippen LogP contribution < -0.4 is 0 Å². The van der Waals surface area contributed by atoms with Gasteiger partial charge < -0.3 is 9.84 Å². The van der Waals surface area contributed by atoms with Crippen LogP contribution in [-0.4, -0.2) is 48.6 Å². The van der Waals surface area contributed by atoms with Gasteiger partial charge >= 0.3 is 5.97 Å². The van der Waals surface area contributed by atoms with Crippen molar-refractivity contribution in [3.8, 4) is 0 Å². The summed E-state index contributed by atoms with van der Waals surface area (Å²) in [6.07, 6.45) is 0.820. The first-order valence-corrected chi connectivity index (χ1v) is 9.75. The van der Waals surface area contributed by atoms with Crippen LogP contribution in [0, 0.1) is 12.8 Å². The number of esters is 1. The zero-order valence-electron chi connectivity index (χ0n) is 14.8. The number of sulfonamides is 1. The molecule has 1 aromatic rings. The summed E-state index contributed by atoms with van der Waals surface area (Å²) in [7, 11) is -3.96. The summed E-state index contributed by atoms with van der Waals surface area (Å²) in [4.78, 5) is 12.6. The van der Waals surface area contributed by atoms with Crippen LogP contribution in [0.1, 0.15) is 25.8 Å². The van der Waals surface area contributed by atoms with Crippen LogP contribution in [0.3, 0.4) is 0 Å². The van der Waals surface area contributed by atoms with Gasteiger partial charge in [-0.15, -0.1) is 6.58 Å². The van der Waals surface area contributed by atoms with Crippen LogP contribution in [0.25, 0.3) is 0 Å². The standard InChI is InChI=1S/C18H25NO5S/c1-5-14-11-16(20)13(4)17(18(21)24-6-2)19(14)25(22,23)15-9-7-12(3)8-10-15/h5,7-10,13-14,16-17,20H,1,6,11H2,2-4H3/t13-,14-,16-,17+/m1/s1. The predicted molar refractivity (Wildman–Crippen MR) is 94.4 cm³/mol. The minimum Gasteiger partial charge on any atom is -0.465 e. The van der Waals surface area contributed by atoms with Crippen LogP contribution in [0.5, 0.6) is 0 Å². The van der Waals surface area contributed by atoms with Crippen molar-refractivity contribution in [3.63, 3.8) is 0 Å². The lowest BCUT2D eigenvalue weighted by molar-refractivity contribution is -0.154. The third kappa shape index (κ3) is 3.78. The molecule has 1 fully saturated rings. The van der Waals surface area contributed by atoms with Crippen LogP contribution in [0.4, 0.5) is 0 Å². The van der Waals surface area contributed by atoms with E-state index in [1.807, 2.05) is 6.92 Å². The quantitative estimate of drug-likeness (QED) is 0.634. The molecule has 6 nitrogen and oxygen atoms in total. The van der Waals surface area contributed by atoms with E-state index >= 15 is 0 Å². The van der Waals surface area contributed by atoms with Gasteiger partial charge in [0, 0.05) is 12.0 Å². The molecule has 2 rings (SSSR count). The summed E-state index contributed by atoms with van der Waals surface area (Å²) in [5.74, 6) is -1.24. The fourth-order valence-electron chi connectivity index (χ4n) is 3.12. The number of nitrogens with zero attached hydrogens (tertiary/aromatic N) is 1. The second-order valence-corrected chi connectivity index (χ2v) is 8.15. The van der Waals surface area contributed by atoms with Crippen molar-refractivity contribution < 1.29 is 23.1 Å². The van der Waals surface area contributed by atoms with Crippen molar-refractivity contribution >= 4 is 16.0 Å². The molecule has 1 heterocycles. The zero-order chi connectivity index (χ0) is 18.8. The highest BCUT2D eigenvalue weighted by Gasteiger charge is 2.49. The smallest absolute Gasteiger partial charge is 0.324 e. The van der Waals surface area contributed by atoms with Crippen molar-refractivity contribution in [2.45, 2.75) is 50.3 Å². The predicted octanol–water partition coefficient (Wildman–Crippen LogP) is 1.87. The summed E-state index contributed by atoms with van der Waals surface area (Å²) in [6, 6.07) is 4.66. The third-order valence-corrected chi connectivity index (χ3v) is 6.51. The van der Waals surface area contributed by atoms with Gasteiger partial charge in [-0.3, -0.25) is 4.79 Å². The highest BCUT2D eigenvalue weighted by molar-refractivity contribution is 7.89. The van der Waals surface area contributed by atoms with E-state index in [-0.39, 0.29) is 17.9 Å².